The summed E-state index contributed by atoms with van der Waals surface area (Å²) in [5.41, 5.74) is 2.26. The van der Waals surface area contributed by atoms with E-state index >= 15 is 0 Å². The van der Waals surface area contributed by atoms with Crippen molar-refractivity contribution in [3.63, 3.8) is 0 Å². The molecule has 0 atom stereocenters. The van der Waals surface area contributed by atoms with E-state index in [2.05, 4.69) is 5.10 Å². The third-order valence-corrected chi connectivity index (χ3v) is 6.76. The van der Waals surface area contributed by atoms with Crippen molar-refractivity contribution in [3.05, 3.63) is 90.7 Å². The zero-order valence-corrected chi connectivity index (χ0v) is 25.2. The Morgan fingerprint density at radius 3 is 2.56 bits per heavy atom. The summed E-state index contributed by atoms with van der Waals surface area (Å²) < 4.78 is 17.2. The standard InChI is InChI=1S/C31H31ClN4O7/c1-6-41-27-12-19(5)23(15-22(27)18(3)4)30-34-25-11-9-8-10-21(25)31(38)35(30)33-16-20-13-24(32)29(26(14-20)36(39)40)43-17-28(37)42-7-2/h8-16,18H,6-7,17H2,1-5H3. The maximum absolute atomic E-state index is 13.7. The predicted molar refractivity (Wildman–Crippen MR) is 165 cm³/mol. The van der Waals surface area contributed by atoms with Gasteiger partial charge in [-0.2, -0.15) is 9.78 Å². The summed E-state index contributed by atoms with van der Waals surface area (Å²) in [6.07, 6.45) is 1.28. The van der Waals surface area contributed by atoms with Gasteiger partial charge in [0, 0.05) is 17.2 Å². The molecule has 0 aliphatic heterocycles. The van der Waals surface area contributed by atoms with Crippen LogP contribution in [0.3, 0.4) is 0 Å². The van der Waals surface area contributed by atoms with Gasteiger partial charge in [-0.1, -0.05) is 37.6 Å². The number of carbonyl (C=O) groups is 1. The first-order chi connectivity index (χ1) is 20.5. The Bertz CT molecular complexity index is 1780. The predicted octanol–water partition coefficient (Wildman–Crippen LogP) is 6.28. The molecular formula is C31H31ClN4O7. The van der Waals surface area contributed by atoms with Gasteiger partial charge >= 0.3 is 11.7 Å². The Hall–Kier alpha value is -4.77. The van der Waals surface area contributed by atoms with Crippen molar-refractivity contribution in [2.75, 3.05) is 19.8 Å². The molecule has 0 fully saturated rings. The normalized spacial score (nSPS) is 11.3. The molecule has 0 amide bonds. The first-order valence-corrected chi connectivity index (χ1v) is 14.0. The number of hydrogen-bond acceptors (Lipinski definition) is 9. The van der Waals surface area contributed by atoms with Gasteiger partial charge < -0.3 is 14.2 Å². The van der Waals surface area contributed by atoms with Crippen LogP contribution in [-0.2, 0) is 9.53 Å². The lowest BCUT2D eigenvalue weighted by molar-refractivity contribution is -0.385. The Morgan fingerprint density at radius 1 is 1.14 bits per heavy atom. The number of esters is 1. The van der Waals surface area contributed by atoms with E-state index in [4.69, 9.17) is 30.8 Å². The van der Waals surface area contributed by atoms with Gasteiger partial charge in [0.25, 0.3) is 5.56 Å². The second-order valence-corrected chi connectivity index (χ2v) is 10.2. The lowest BCUT2D eigenvalue weighted by Gasteiger charge is -2.18. The fourth-order valence-electron chi connectivity index (χ4n) is 4.49. The van der Waals surface area contributed by atoms with Crippen LogP contribution < -0.4 is 15.0 Å². The fourth-order valence-corrected chi connectivity index (χ4v) is 4.76. The molecule has 0 aliphatic rings. The molecule has 224 valence electrons. The van der Waals surface area contributed by atoms with Crippen LogP contribution in [0.25, 0.3) is 22.3 Å². The molecule has 4 aromatic rings. The fraction of sp³-hybridized carbons (Fsp3) is 0.290. The van der Waals surface area contributed by atoms with E-state index in [0.29, 0.717) is 23.1 Å². The van der Waals surface area contributed by atoms with Crippen molar-refractivity contribution in [2.24, 2.45) is 5.10 Å². The average Bonchev–Trinajstić information content (AvgIpc) is 2.96. The molecular weight excluding hydrogens is 576 g/mol. The number of aromatic nitrogens is 2. The molecule has 1 heterocycles. The number of ether oxygens (including phenoxy) is 3. The van der Waals surface area contributed by atoms with E-state index in [-0.39, 0.29) is 34.7 Å². The third kappa shape index (κ3) is 6.83. The van der Waals surface area contributed by atoms with Crippen LogP contribution in [-0.4, -0.2) is 46.6 Å². The van der Waals surface area contributed by atoms with Gasteiger partial charge in [-0.3, -0.25) is 14.9 Å². The van der Waals surface area contributed by atoms with Crippen molar-refractivity contribution >= 4 is 40.4 Å². The number of nitro groups is 1. The largest absolute Gasteiger partial charge is 0.494 e. The number of rotatable bonds is 11. The van der Waals surface area contributed by atoms with Gasteiger partial charge in [0.1, 0.15) is 5.75 Å². The zero-order chi connectivity index (χ0) is 31.3. The minimum atomic E-state index is -0.695. The van der Waals surface area contributed by atoms with Gasteiger partial charge in [-0.05, 0) is 68.1 Å². The Labute approximate surface area is 252 Å². The molecule has 12 heteroatoms. The Kier molecular flexibility index (Phi) is 9.77. The highest BCUT2D eigenvalue weighted by Gasteiger charge is 2.22. The van der Waals surface area contributed by atoms with Gasteiger partial charge in [0.05, 0.1) is 40.3 Å². The van der Waals surface area contributed by atoms with E-state index in [9.17, 15) is 19.7 Å². The summed E-state index contributed by atoms with van der Waals surface area (Å²) in [4.78, 5) is 41.4. The lowest BCUT2D eigenvalue weighted by atomic mass is 9.96. The van der Waals surface area contributed by atoms with Crippen molar-refractivity contribution in [1.82, 2.24) is 9.66 Å². The van der Waals surface area contributed by atoms with Crippen LogP contribution in [0.4, 0.5) is 5.69 Å². The molecule has 1 aromatic heterocycles. The van der Waals surface area contributed by atoms with E-state index < -0.39 is 28.7 Å². The van der Waals surface area contributed by atoms with Gasteiger partial charge in [-0.25, -0.2) is 9.78 Å². The highest BCUT2D eigenvalue weighted by atomic mass is 35.5. The van der Waals surface area contributed by atoms with Crippen LogP contribution >= 0.6 is 11.6 Å². The molecule has 4 rings (SSSR count). The molecule has 0 N–H and O–H groups in total. The second kappa shape index (κ2) is 13.5. The van der Waals surface area contributed by atoms with Crippen molar-refractivity contribution in [1.29, 1.82) is 0 Å². The molecule has 0 radical (unpaired) electrons. The number of nitrogens with zero attached hydrogens (tertiary/aromatic N) is 4. The molecule has 3 aromatic carbocycles. The van der Waals surface area contributed by atoms with E-state index in [1.54, 1.807) is 31.2 Å². The van der Waals surface area contributed by atoms with Crippen molar-refractivity contribution < 1.29 is 23.9 Å². The highest BCUT2D eigenvalue weighted by molar-refractivity contribution is 6.32. The number of fused-ring (bicyclic) bond motifs is 1. The smallest absolute Gasteiger partial charge is 0.344 e. The topological polar surface area (TPSA) is 135 Å². The summed E-state index contributed by atoms with van der Waals surface area (Å²) in [5, 5.41) is 16.5. The second-order valence-electron chi connectivity index (χ2n) is 9.81. The quantitative estimate of drug-likeness (QED) is 0.0842. The maximum Gasteiger partial charge on any atom is 0.344 e. The van der Waals surface area contributed by atoms with Gasteiger partial charge in [-0.15, -0.1) is 0 Å². The summed E-state index contributed by atoms with van der Waals surface area (Å²) in [7, 11) is 0. The number of nitro benzene ring substituents is 1. The van der Waals surface area contributed by atoms with E-state index in [0.717, 1.165) is 16.9 Å². The zero-order valence-electron chi connectivity index (χ0n) is 24.4. The number of benzene rings is 3. The van der Waals surface area contributed by atoms with Crippen molar-refractivity contribution in [3.8, 4) is 22.9 Å². The number of halogens is 1. The van der Waals surface area contributed by atoms with Crippen LogP contribution in [0.2, 0.25) is 5.02 Å². The van der Waals surface area contributed by atoms with E-state index in [1.807, 2.05) is 39.8 Å². The first-order valence-electron chi connectivity index (χ1n) is 13.7. The van der Waals surface area contributed by atoms with Gasteiger partial charge in [0.2, 0.25) is 5.75 Å². The molecule has 0 saturated carbocycles. The average molecular weight is 607 g/mol. The summed E-state index contributed by atoms with van der Waals surface area (Å²) in [6, 6.07) is 13.4. The van der Waals surface area contributed by atoms with Crippen LogP contribution in [0, 0.1) is 17.0 Å². The molecule has 11 nitrogen and oxygen atoms in total. The van der Waals surface area contributed by atoms with Crippen LogP contribution in [0.15, 0.2) is 58.4 Å². The molecule has 0 saturated heterocycles. The molecule has 0 aliphatic carbocycles. The number of para-hydroxylation sites is 1. The summed E-state index contributed by atoms with van der Waals surface area (Å²) in [5.74, 6) is 0.187. The first kappa shape index (κ1) is 31.2. The molecule has 0 unspecified atom stereocenters. The summed E-state index contributed by atoms with van der Waals surface area (Å²) in [6.45, 7) is 9.62. The number of aryl methyl sites for hydroxylation is 1. The third-order valence-electron chi connectivity index (χ3n) is 6.48. The van der Waals surface area contributed by atoms with E-state index in [1.165, 1.54) is 23.0 Å². The minimum Gasteiger partial charge on any atom is -0.494 e. The molecule has 43 heavy (non-hydrogen) atoms. The Balaban J connectivity index is 1.87. The SMILES string of the molecule is CCOC(=O)COc1c(Cl)cc(C=Nn2c(-c3cc(C(C)C)c(OCC)cc3C)nc3ccccc3c2=O)cc1[N+](=O)[O-]. The number of carbonyl (C=O) groups excluding carboxylic acids is 1. The highest BCUT2D eigenvalue weighted by Crippen LogP contribution is 2.36. The lowest BCUT2D eigenvalue weighted by Crippen LogP contribution is -2.21. The monoisotopic (exact) mass is 606 g/mol. The molecule has 0 spiro atoms. The maximum atomic E-state index is 13.7. The van der Waals surface area contributed by atoms with Gasteiger partial charge in [0.15, 0.2) is 12.4 Å². The van der Waals surface area contributed by atoms with Crippen LogP contribution in [0.1, 0.15) is 50.3 Å². The summed E-state index contributed by atoms with van der Waals surface area (Å²) >= 11 is 6.33. The Morgan fingerprint density at radius 2 is 1.88 bits per heavy atom. The molecule has 0 bridgehead atoms. The van der Waals surface area contributed by atoms with Crippen LogP contribution in [0.5, 0.6) is 11.5 Å². The number of hydrogen-bond donors (Lipinski definition) is 0. The van der Waals surface area contributed by atoms with Crippen molar-refractivity contribution in [2.45, 2.75) is 40.5 Å². The minimum absolute atomic E-state index is 0.118.